The van der Waals surface area contributed by atoms with Gasteiger partial charge in [-0.1, -0.05) is 0 Å². The zero-order valence-electron chi connectivity index (χ0n) is 16.1. The van der Waals surface area contributed by atoms with Crippen LogP contribution < -0.4 is 0 Å². The smallest absolute Gasteiger partial charge is 0.248 e. The third-order valence-electron chi connectivity index (χ3n) is 5.61. The van der Waals surface area contributed by atoms with E-state index >= 15 is 0 Å². The molecule has 0 bridgehead atoms. The second kappa shape index (κ2) is 8.65. The zero-order chi connectivity index (χ0) is 19.4. The average molecular weight is 376 g/mol. The van der Waals surface area contributed by atoms with E-state index in [0.29, 0.717) is 44.8 Å². The predicted octanol–water partition coefficient (Wildman–Crippen LogP) is 0.726. The van der Waals surface area contributed by atoms with Gasteiger partial charge in [0.2, 0.25) is 17.6 Å². The quantitative estimate of drug-likeness (QED) is 0.707. The van der Waals surface area contributed by atoms with Crippen LogP contribution in [0.15, 0.2) is 12.4 Å². The fourth-order valence-corrected chi connectivity index (χ4v) is 4.03. The van der Waals surface area contributed by atoms with E-state index in [1.807, 2.05) is 11.9 Å². The van der Waals surface area contributed by atoms with Gasteiger partial charge in [0.15, 0.2) is 5.82 Å². The van der Waals surface area contributed by atoms with Crippen molar-refractivity contribution in [2.24, 2.45) is 18.9 Å². The van der Waals surface area contributed by atoms with Crippen LogP contribution in [0.4, 0.5) is 0 Å². The molecule has 0 N–H and O–H groups in total. The van der Waals surface area contributed by atoms with Gasteiger partial charge in [0.1, 0.15) is 6.61 Å². The fraction of sp³-hybridized carbons (Fsp3) is 0.684. The van der Waals surface area contributed by atoms with Crippen LogP contribution in [0, 0.1) is 11.8 Å². The van der Waals surface area contributed by atoms with Gasteiger partial charge in [-0.25, -0.2) is 4.98 Å². The molecule has 0 unspecified atom stereocenters. The number of methoxy groups -OCH3 is 1. The molecule has 0 spiro atoms. The van der Waals surface area contributed by atoms with E-state index in [1.165, 1.54) is 7.11 Å². The number of nitrogens with zero attached hydrogens (tertiary/aromatic N) is 4. The zero-order valence-corrected chi connectivity index (χ0v) is 16.1. The van der Waals surface area contributed by atoms with Crippen LogP contribution >= 0.6 is 0 Å². The predicted molar refractivity (Wildman–Crippen MR) is 98.0 cm³/mol. The molecule has 8 heteroatoms. The maximum absolute atomic E-state index is 12.9. The summed E-state index contributed by atoms with van der Waals surface area (Å²) in [5.74, 6) is 0.304. The highest BCUT2D eigenvalue weighted by Crippen LogP contribution is 2.25. The Bertz CT molecular complexity index is 694. The molecule has 3 rings (SSSR count). The summed E-state index contributed by atoms with van der Waals surface area (Å²) in [7, 11) is 3.32. The molecule has 2 fully saturated rings. The number of ether oxygens (including phenoxy) is 1. The Labute approximate surface area is 159 Å². The van der Waals surface area contributed by atoms with Crippen LogP contribution in [0.2, 0.25) is 0 Å². The number of hydrogen-bond acceptors (Lipinski definition) is 5. The Morgan fingerprint density at radius 1 is 1.11 bits per heavy atom. The first kappa shape index (κ1) is 19.5. The van der Waals surface area contributed by atoms with E-state index in [4.69, 9.17) is 4.74 Å². The van der Waals surface area contributed by atoms with Crippen molar-refractivity contribution in [3.05, 3.63) is 18.2 Å². The summed E-state index contributed by atoms with van der Waals surface area (Å²) in [6, 6.07) is 0. The molecule has 2 aliphatic heterocycles. The minimum atomic E-state index is -0.188. The molecule has 2 amide bonds. The van der Waals surface area contributed by atoms with Crippen molar-refractivity contribution in [2.75, 3.05) is 39.9 Å². The van der Waals surface area contributed by atoms with Crippen LogP contribution in [0.1, 0.15) is 36.3 Å². The number of imidazole rings is 1. The topological polar surface area (TPSA) is 84.7 Å². The van der Waals surface area contributed by atoms with Gasteiger partial charge in [-0.15, -0.1) is 0 Å². The molecule has 0 radical (unpaired) electrons. The van der Waals surface area contributed by atoms with Gasteiger partial charge in [-0.2, -0.15) is 0 Å². The standard InChI is InChI=1S/C19H28N4O4/c1-21-11-7-20-18(21)17(25)15-4-3-8-23(12-15)19(26)14-5-9-22(10-6-14)16(24)13-27-2/h7,11,14-15H,3-6,8-10,12-13H2,1-2H3/t15-/m0/s1. The number of likely N-dealkylation sites (tertiary alicyclic amines) is 2. The molecule has 3 heterocycles. The summed E-state index contributed by atoms with van der Waals surface area (Å²) in [6.45, 7) is 2.42. The number of carbonyl (C=O) groups excluding carboxylic acids is 3. The third kappa shape index (κ3) is 4.37. The van der Waals surface area contributed by atoms with E-state index in [2.05, 4.69) is 4.98 Å². The first-order chi connectivity index (χ1) is 13.0. The van der Waals surface area contributed by atoms with Crippen LogP contribution in [-0.2, 0) is 21.4 Å². The van der Waals surface area contributed by atoms with Gasteiger partial charge in [0, 0.05) is 64.6 Å². The number of aromatic nitrogens is 2. The van der Waals surface area contributed by atoms with Gasteiger partial charge < -0.3 is 19.1 Å². The second-order valence-electron chi connectivity index (χ2n) is 7.44. The van der Waals surface area contributed by atoms with E-state index in [1.54, 1.807) is 21.9 Å². The highest BCUT2D eigenvalue weighted by molar-refractivity contribution is 5.95. The van der Waals surface area contributed by atoms with Crippen molar-refractivity contribution in [2.45, 2.75) is 25.7 Å². The Hall–Kier alpha value is -2.22. The van der Waals surface area contributed by atoms with E-state index in [9.17, 15) is 14.4 Å². The molecular formula is C19H28N4O4. The minimum Gasteiger partial charge on any atom is -0.375 e. The largest absolute Gasteiger partial charge is 0.375 e. The molecule has 148 valence electrons. The molecule has 27 heavy (non-hydrogen) atoms. The van der Waals surface area contributed by atoms with Crippen molar-refractivity contribution >= 4 is 17.6 Å². The second-order valence-corrected chi connectivity index (χ2v) is 7.44. The van der Waals surface area contributed by atoms with Crippen LogP contribution in [0.25, 0.3) is 0 Å². The van der Waals surface area contributed by atoms with Crippen LogP contribution in [0.5, 0.6) is 0 Å². The lowest BCUT2D eigenvalue weighted by atomic mass is 9.90. The lowest BCUT2D eigenvalue weighted by Crippen LogP contribution is -2.48. The summed E-state index contributed by atoms with van der Waals surface area (Å²) in [5, 5.41) is 0. The number of piperidine rings is 2. The average Bonchev–Trinajstić information content (AvgIpc) is 3.13. The summed E-state index contributed by atoms with van der Waals surface area (Å²) >= 11 is 0. The highest BCUT2D eigenvalue weighted by Gasteiger charge is 2.35. The number of hydrogen-bond donors (Lipinski definition) is 0. The van der Waals surface area contributed by atoms with Crippen molar-refractivity contribution in [3.63, 3.8) is 0 Å². The molecule has 0 aromatic carbocycles. The lowest BCUT2D eigenvalue weighted by molar-refractivity contribution is -0.143. The Morgan fingerprint density at radius 2 is 1.85 bits per heavy atom. The molecule has 0 aliphatic carbocycles. The Balaban J connectivity index is 1.55. The molecule has 1 aromatic heterocycles. The Morgan fingerprint density at radius 3 is 2.48 bits per heavy atom. The third-order valence-corrected chi connectivity index (χ3v) is 5.61. The number of aryl methyl sites for hydroxylation is 1. The van der Waals surface area contributed by atoms with Gasteiger partial charge >= 0.3 is 0 Å². The number of carbonyl (C=O) groups is 3. The molecule has 2 saturated heterocycles. The minimum absolute atomic E-state index is 0.0139. The monoisotopic (exact) mass is 376 g/mol. The lowest BCUT2D eigenvalue weighted by Gasteiger charge is -2.37. The van der Waals surface area contributed by atoms with Gasteiger partial charge in [0.05, 0.1) is 0 Å². The molecular weight excluding hydrogens is 348 g/mol. The molecule has 1 aromatic rings. The van der Waals surface area contributed by atoms with E-state index < -0.39 is 0 Å². The summed E-state index contributed by atoms with van der Waals surface area (Å²) < 4.78 is 6.63. The van der Waals surface area contributed by atoms with Crippen molar-refractivity contribution in [1.82, 2.24) is 19.4 Å². The number of ketones is 1. The van der Waals surface area contributed by atoms with E-state index in [-0.39, 0.29) is 36.0 Å². The highest BCUT2D eigenvalue weighted by atomic mass is 16.5. The summed E-state index contributed by atoms with van der Waals surface area (Å²) in [4.78, 5) is 45.3. The first-order valence-electron chi connectivity index (χ1n) is 9.58. The normalized spacial score (nSPS) is 21.3. The van der Waals surface area contributed by atoms with Gasteiger partial charge in [-0.3, -0.25) is 14.4 Å². The summed E-state index contributed by atoms with van der Waals surface area (Å²) in [5.41, 5.74) is 0. The number of rotatable bonds is 5. The molecule has 2 aliphatic rings. The molecule has 0 saturated carbocycles. The molecule has 1 atom stereocenters. The Kier molecular flexibility index (Phi) is 6.26. The van der Waals surface area contributed by atoms with Crippen molar-refractivity contribution in [3.8, 4) is 0 Å². The van der Waals surface area contributed by atoms with Gasteiger partial charge in [-0.05, 0) is 25.7 Å². The first-order valence-corrected chi connectivity index (χ1v) is 9.58. The van der Waals surface area contributed by atoms with E-state index in [0.717, 1.165) is 12.8 Å². The number of Topliss-reactive ketones (excluding diaryl/α,β-unsaturated/α-hetero) is 1. The number of amides is 2. The van der Waals surface area contributed by atoms with Crippen LogP contribution in [0.3, 0.4) is 0 Å². The van der Waals surface area contributed by atoms with Gasteiger partial charge in [0.25, 0.3) is 0 Å². The van der Waals surface area contributed by atoms with Crippen molar-refractivity contribution in [1.29, 1.82) is 0 Å². The van der Waals surface area contributed by atoms with Crippen LogP contribution in [-0.4, -0.2) is 76.8 Å². The maximum atomic E-state index is 12.9. The van der Waals surface area contributed by atoms with Crippen molar-refractivity contribution < 1.29 is 19.1 Å². The SMILES string of the molecule is COCC(=O)N1CCC(C(=O)N2CCC[C@H](C(=O)c3nccn3C)C2)CC1. The summed E-state index contributed by atoms with van der Waals surface area (Å²) in [6.07, 6.45) is 6.35. The fourth-order valence-electron chi connectivity index (χ4n) is 4.03. The molecule has 8 nitrogen and oxygen atoms in total. The maximum Gasteiger partial charge on any atom is 0.248 e.